The third-order valence-electron chi connectivity index (χ3n) is 2.81. The van der Waals surface area contributed by atoms with Crippen molar-refractivity contribution >= 4 is 17.4 Å². The van der Waals surface area contributed by atoms with E-state index in [9.17, 15) is 4.79 Å². The molecule has 0 saturated heterocycles. The van der Waals surface area contributed by atoms with Gasteiger partial charge < -0.3 is 11.1 Å². The lowest BCUT2D eigenvalue weighted by Crippen LogP contribution is -2.13. The second-order valence-electron chi connectivity index (χ2n) is 3.87. The fourth-order valence-electron chi connectivity index (χ4n) is 1.96. The molecule has 3 rings (SSSR count). The Labute approximate surface area is 97.5 Å². The van der Waals surface area contributed by atoms with Crippen molar-refractivity contribution in [1.29, 1.82) is 0 Å². The van der Waals surface area contributed by atoms with E-state index >= 15 is 0 Å². The Bertz CT molecular complexity index is 589. The molecule has 3 N–H and O–H groups in total. The van der Waals surface area contributed by atoms with E-state index in [1.54, 1.807) is 10.9 Å². The number of amides is 1. The second-order valence-corrected chi connectivity index (χ2v) is 3.87. The van der Waals surface area contributed by atoms with Crippen molar-refractivity contribution in [2.75, 3.05) is 5.32 Å². The Morgan fingerprint density at radius 1 is 1.53 bits per heavy atom. The molecular formula is C11H11N5O. The van der Waals surface area contributed by atoms with Crippen molar-refractivity contribution in [3.05, 3.63) is 35.8 Å². The lowest BCUT2D eigenvalue weighted by Gasteiger charge is -2.07. The van der Waals surface area contributed by atoms with Crippen LogP contribution in [0.4, 0.5) is 11.5 Å². The molecule has 0 saturated carbocycles. The molecule has 1 aliphatic heterocycles. The highest BCUT2D eigenvalue weighted by atomic mass is 16.1. The topological polar surface area (TPSA) is 85.8 Å². The van der Waals surface area contributed by atoms with Crippen molar-refractivity contribution in [2.24, 2.45) is 5.73 Å². The maximum Gasteiger partial charge on any atom is 0.254 e. The number of pyridine rings is 1. The van der Waals surface area contributed by atoms with Gasteiger partial charge in [0, 0.05) is 19.2 Å². The zero-order chi connectivity index (χ0) is 11.8. The van der Waals surface area contributed by atoms with Gasteiger partial charge in [-0.3, -0.25) is 9.78 Å². The minimum atomic E-state index is -0.480. The summed E-state index contributed by atoms with van der Waals surface area (Å²) in [5, 5.41) is 7.32. The standard InChI is InChI=1S/C11H11N5O/c12-10(17)7-6-14-16-5-3-8-9(15-11(7)16)2-1-4-13-8/h1-2,4,6,15H,3,5H2,(H2,12,17). The van der Waals surface area contributed by atoms with Crippen LogP contribution >= 0.6 is 0 Å². The van der Waals surface area contributed by atoms with Crippen LogP contribution in [-0.2, 0) is 13.0 Å². The zero-order valence-electron chi connectivity index (χ0n) is 9.05. The third kappa shape index (κ3) is 1.54. The van der Waals surface area contributed by atoms with Gasteiger partial charge in [0.25, 0.3) is 5.91 Å². The van der Waals surface area contributed by atoms with Gasteiger partial charge in [-0.25, -0.2) is 4.68 Å². The van der Waals surface area contributed by atoms with Crippen molar-refractivity contribution < 1.29 is 4.79 Å². The molecule has 6 heteroatoms. The van der Waals surface area contributed by atoms with Gasteiger partial charge in [0.2, 0.25) is 0 Å². The predicted octanol–water partition coefficient (Wildman–Crippen LogP) is 0.677. The number of primary amides is 1. The van der Waals surface area contributed by atoms with Crippen LogP contribution in [0.25, 0.3) is 0 Å². The molecule has 1 aliphatic rings. The van der Waals surface area contributed by atoms with Crippen LogP contribution in [0.2, 0.25) is 0 Å². The molecule has 0 atom stereocenters. The van der Waals surface area contributed by atoms with Crippen LogP contribution in [0.3, 0.4) is 0 Å². The van der Waals surface area contributed by atoms with Gasteiger partial charge in [-0.1, -0.05) is 0 Å². The van der Waals surface area contributed by atoms with Crippen molar-refractivity contribution in [3.8, 4) is 0 Å². The van der Waals surface area contributed by atoms with Gasteiger partial charge in [-0.05, 0) is 12.1 Å². The number of carbonyl (C=O) groups excluding carboxylic acids is 1. The summed E-state index contributed by atoms with van der Waals surface area (Å²) in [6, 6.07) is 3.78. The molecule has 86 valence electrons. The van der Waals surface area contributed by atoms with Gasteiger partial charge in [0.1, 0.15) is 11.4 Å². The molecule has 17 heavy (non-hydrogen) atoms. The average molecular weight is 229 g/mol. The molecule has 0 bridgehead atoms. The SMILES string of the molecule is NC(=O)c1cnn2c1Nc1cccnc1CC2. The van der Waals surface area contributed by atoms with E-state index in [4.69, 9.17) is 5.73 Å². The molecule has 2 aromatic rings. The maximum atomic E-state index is 11.3. The number of hydrogen-bond donors (Lipinski definition) is 2. The number of fused-ring (bicyclic) bond motifs is 2. The monoisotopic (exact) mass is 229 g/mol. The molecule has 2 aromatic heterocycles. The number of aromatic nitrogens is 3. The number of aryl methyl sites for hydroxylation is 2. The fraction of sp³-hybridized carbons (Fsp3) is 0.182. The molecule has 0 aromatic carbocycles. The van der Waals surface area contributed by atoms with Gasteiger partial charge in [0.05, 0.1) is 17.6 Å². The molecule has 6 nitrogen and oxygen atoms in total. The highest BCUT2D eigenvalue weighted by Crippen LogP contribution is 2.26. The molecule has 1 amide bonds. The zero-order valence-corrected chi connectivity index (χ0v) is 9.05. The third-order valence-corrected chi connectivity index (χ3v) is 2.81. The molecule has 3 heterocycles. The Morgan fingerprint density at radius 3 is 3.24 bits per heavy atom. The molecule has 0 aliphatic carbocycles. The highest BCUT2D eigenvalue weighted by Gasteiger charge is 2.19. The van der Waals surface area contributed by atoms with Crippen LogP contribution in [-0.4, -0.2) is 20.7 Å². The first kappa shape index (κ1) is 9.83. The number of anilines is 2. The van der Waals surface area contributed by atoms with E-state index < -0.39 is 5.91 Å². The first-order valence-electron chi connectivity index (χ1n) is 5.32. The van der Waals surface area contributed by atoms with Crippen LogP contribution in [0.5, 0.6) is 0 Å². The first-order chi connectivity index (χ1) is 8.25. The molecule has 0 spiro atoms. The molecular weight excluding hydrogens is 218 g/mol. The Morgan fingerprint density at radius 2 is 2.41 bits per heavy atom. The van der Waals surface area contributed by atoms with Gasteiger partial charge in [0.15, 0.2) is 0 Å². The van der Waals surface area contributed by atoms with Gasteiger partial charge in [-0.2, -0.15) is 5.10 Å². The number of carbonyl (C=O) groups is 1. The molecule has 0 radical (unpaired) electrons. The smallest absolute Gasteiger partial charge is 0.254 e. The van der Waals surface area contributed by atoms with Crippen molar-refractivity contribution in [1.82, 2.24) is 14.8 Å². The van der Waals surface area contributed by atoms with E-state index in [1.807, 2.05) is 12.1 Å². The van der Waals surface area contributed by atoms with E-state index in [0.717, 1.165) is 17.8 Å². The predicted molar refractivity (Wildman–Crippen MR) is 62.0 cm³/mol. The summed E-state index contributed by atoms with van der Waals surface area (Å²) in [5.41, 5.74) is 7.57. The fourth-order valence-corrected chi connectivity index (χ4v) is 1.96. The summed E-state index contributed by atoms with van der Waals surface area (Å²) in [7, 11) is 0. The lowest BCUT2D eigenvalue weighted by atomic mass is 10.2. The largest absolute Gasteiger partial charge is 0.365 e. The minimum Gasteiger partial charge on any atom is -0.365 e. The number of nitrogens with one attached hydrogen (secondary N) is 1. The Balaban J connectivity index is 2.11. The summed E-state index contributed by atoms with van der Waals surface area (Å²) < 4.78 is 1.74. The summed E-state index contributed by atoms with van der Waals surface area (Å²) in [5.74, 6) is 0.162. The van der Waals surface area contributed by atoms with Crippen molar-refractivity contribution in [3.63, 3.8) is 0 Å². The van der Waals surface area contributed by atoms with Gasteiger partial charge >= 0.3 is 0 Å². The number of hydrogen-bond acceptors (Lipinski definition) is 4. The van der Waals surface area contributed by atoms with Gasteiger partial charge in [-0.15, -0.1) is 0 Å². The van der Waals surface area contributed by atoms with E-state index in [-0.39, 0.29) is 0 Å². The molecule has 0 fully saturated rings. The quantitative estimate of drug-likeness (QED) is 0.752. The van der Waals surface area contributed by atoms with E-state index in [2.05, 4.69) is 15.4 Å². The highest BCUT2D eigenvalue weighted by molar-refractivity contribution is 5.98. The summed E-state index contributed by atoms with van der Waals surface area (Å²) in [6.45, 7) is 0.680. The summed E-state index contributed by atoms with van der Waals surface area (Å²) in [4.78, 5) is 15.6. The van der Waals surface area contributed by atoms with E-state index in [1.165, 1.54) is 6.20 Å². The van der Waals surface area contributed by atoms with Crippen LogP contribution in [0.1, 0.15) is 16.1 Å². The van der Waals surface area contributed by atoms with E-state index in [0.29, 0.717) is 17.9 Å². The lowest BCUT2D eigenvalue weighted by molar-refractivity contribution is 0.100. The number of nitrogens with zero attached hydrogens (tertiary/aromatic N) is 3. The summed E-state index contributed by atoms with van der Waals surface area (Å²) in [6.07, 6.45) is 4.02. The first-order valence-corrected chi connectivity index (χ1v) is 5.32. The van der Waals surface area contributed by atoms with Crippen LogP contribution in [0.15, 0.2) is 24.5 Å². The summed E-state index contributed by atoms with van der Waals surface area (Å²) >= 11 is 0. The number of rotatable bonds is 1. The Hall–Kier alpha value is -2.37. The van der Waals surface area contributed by atoms with Crippen molar-refractivity contribution in [2.45, 2.75) is 13.0 Å². The normalized spacial score (nSPS) is 13.2. The second kappa shape index (κ2) is 3.58. The maximum absolute atomic E-state index is 11.3. The minimum absolute atomic E-state index is 0.404. The van der Waals surface area contributed by atoms with Crippen LogP contribution in [0, 0.1) is 0 Å². The number of nitrogens with two attached hydrogens (primary N) is 1. The molecule has 0 unspecified atom stereocenters. The Kier molecular flexibility index (Phi) is 2.07. The average Bonchev–Trinajstić information content (AvgIpc) is 2.63. The van der Waals surface area contributed by atoms with Crippen LogP contribution < -0.4 is 11.1 Å².